The maximum Gasteiger partial charge on any atom is 1.00 e. The zero-order valence-electron chi connectivity index (χ0n) is 17.7. The molecule has 0 fully saturated rings. The first kappa shape index (κ1) is 24.9. The topological polar surface area (TPSA) is 87.5 Å². The summed E-state index contributed by atoms with van der Waals surface area (Å²) in [6, 6.07) is 6.61. The number of rotatable bonds is 3. The van der Waals surface area contributed by atoms with Gasteiger partial charge >= 0.3 is 58.2 Å². The van der Waals surface area contributed by atoms with E-state index in [1.54, 1.807) is 0 Å². The minimum atomic E-state index is -3.30. The van der Waals surface area contributed by atoms with Crippen molar-refractivity contribution in [3.63, 3.8) is 0 Å². The first-order chi connectivity index (χ1) is 14.6. The fraction of sp³-hybridized carbons (Fsp3) is 0.286. The SMILES string of the molecule is CN(C)C(=O)c1c(O)c2ncc(Cc3c[c-]c(F)cc3)c3c2n(c1=O)CC(F)(F)CN3.[Rb+]. The minimum Gasteiger partial charge on any atom is -0.505 e. The van der Waals surface area contributed by atoms with Crippen LogP contribution in [-0.4, -0.2) is 52.0 Å². The van der Waals surface area contributed by atoms with Crippen LogP contribution in [0.25, 0.3) is 11.0 Å². The van der Waals surface area contributed by atoms with Crippen LogP contribution in [0.4, 0.5) is 18.9 Å². The van der Waals surface area contributed by atoms with Crippen LogP contribution in [0.1, 0.15) is 21.5 Å². The smallest absolute Gasteiger partial charge is 0.505 e. The number of carbonyl (C=O) groups excluding carboxylic acids is 1. The zero-order chi connectivity index (χ0) is 22.5. The zero-order valence-corrected chi connectivity index (χ0v) is 22.6. The van der Waals surface area contributed by atoms with Crippen molar-refractivity contribution in [3.05, 3.63) is 63.3 Å². The molecule has 1 aromatic carbocycles. The van der Waals surface area contributed by atoms with Crippen molar-refractivity contribution in [1.82, 2.24) is 14.5 Å². The molecule has 3 heterocycles. The fourth-order valence-corrected chi connectivity index (χ4v) is 3.60. The molecule has 0 aliphatic carbocycles. The van der Waals surface area contributed by atoms with Crippen molar-refractivity contribution < 1.29 is 81.3 Å². The van der Waals surface area contributed by atoms with Crippen LogP contribution in [0, 0.1) is 11.9 Å². The van der Waals surface area contributed by atoms with Crippen LogP contribution >= 0.6 is 0 Å². The van der Waals surface area contributed by atoms with Gasteiger partial charge in [-0.25, -0.2) is 13.2 Å². The Hall–Kier alpha value is -1.75. The van der Waals surface area contributed by atoms with E-state index in [2.05, 4.69) is 16.4 Å². The molecule has 162 valence electrons. The van der Waals surface area contributed by atoms with Gasteiger partial charge in [0.05, 0.1) is 24.3 Å². The Morgan fingerprint density at radius 2 is 2.09 bits per heavy atom. The van der Waals surface area contributed by atoms with Crippen LogP contribution in [0.3, 0.4) is 0 Å². The number of benzene rings is 1. The predicted octanol–water partition coefficient (Wildman–Crippen LogP) is -0.601. The van der Waals surface area contributed by atoms with Crippen molar-refractivity contribution in [3.8, 4) is 5.75 Å². The average molecular weight is 517 g/mol. The number of carbonyl (C=O) groups is 1. The molecule has 2 N–H and O–H groups in total. The third-order valence-electron chi connectivity index (χ3n) is 5.09. The summed E-state index contributed by atoms with van der Waals surface area (Å²) in [6.07, 6.45) is 1.57. The van der Waals surface area contributed by atoms with Crippen molar-refractivity contribution in [1.29, 1.82) is 0 Å². The number of pyridine rings is 2. The number of alkyl halides is 2. The van der Waals surface area contributed by atoms with Crippen LogP contribution in [0.5, 0.6) is 5.75 Å². The number of hydrogen-bond donors (Lipinski definition) is 2. The molecule has 0 saturated carbocycles. The Labute approximate surface area is 230 Å². The minimum absolute atomic E-state index is 0. The molecule has 1 aliphatic heterocycles. The number of aromatic nitrogens is 2. The number of hydrogen-bond acceptors (Lipinski definition) is 5. The van der Waals surface area contributed by atoms with Crippen LogP contribution in [0.2, 0.25) is 0 Å². The van der Waals surface area contributed by atoms with Crippen LogP contribution < -0.4 is 69.1 Å². The molecular formula is C21H18F3N4O3Rb. The van der Waals surface area contributed by atoms with E-state index in [1.807, 2.05) is 0 Å². The van der Waals surface area contributed by atoms with E-state index in [1.165, 1.54) is 38.5 Å². The van der Waals surface area contributed by atoms with Gasteiger partial charge in [-0.3, -0.25) is 19.1 Å². The summed E-state index contributed by atoms with van der Waals surface area (Å²) in [4.78, 5) is 30.8. The second kappa shape index (κ2) is 9.24. The van der Waals surface area contributed by atoms with Gasteiger partial charge in [-0.05, 0) is 12.0 Å². The number of nitrogens with zero attached hydrogens (tertiary/aromatic N) is 3. The van der Waals surface area contributed by atoms with Crippen molar-refractivity contribution in [2.24, 2.45) is 0 Å². The molecule has 11 heteroatoms. The molecule has 0 unspecified atom stereocenters. The second-order valence-corrected chi connectivity index (χ2v) is 7.60. The Kier molecular flexibility index (Phi) is 7.19. The van der Waals surface area contributed by atoms with E-state index in [0.717, 1.165) is 9.47 Å². The van der Waals surface area contributed by atoms with E-state index in [4.69, 9.17) is 0 Å². The van der Waals surface area contributed by atoms with Crippen molar-refractivity contribution in [2.45, 2.75) is 18.9 Å². The third kappa shape index (κ3) is 4.50. The molecular weight excluding hydrogens is 499 g/mol. The molecule has 0 spiro atoms. The van der Waals surface area contributed by atoms with Crippen LogP contribution in [-0.2, 0) is 13.0 Å². The third-order valence-corrected chi connectivity index (χ3v) is 5.09. The Balaban J connectivity index is 0.00000289. The molecule has 1 amide bonds. The van der Waals surface area contributed by atoms with Gasteiger partial charge in [-0.1, -0.05) is 0 Å². The quantitative estimate of drug-likeness (QED) is 0.454. The summed E-state index contributed by atoms with van der Waals surface area (Å²) in [7, 11) is 2.76. The monoisotopic (exact) mass is 516 g/mol. The maximum atomic E-state index is 14.5. The van der Waals surface area contributed by atoms with Gasteiger partial charge < -0.3 is 15.3 Å². The summed E-state index contributed by atoms with van der Waals surface area (Å²) in [5.41, 5.74) is -0.490. The number of aromatic hydroxyl groups is 1. The first-order valence-corrected chi connectivity index (χ1v) is 9.36. The van der Waals surface area contributed by atoms with Gasteiger partial charge in [0.1, 0.15) is 11.1 Å². The van der Waals surface area contributed by atoms with Gasteiger partial charge in [0.25, 0.3) is 17.4 Å². The number of halogens is 3. The Bertz CT molecular complexity index is 1260. The van der Waals surface area contributed by atoms with Crippen molar-refractivity contribution >= 4 is 22.6 Å². The fourth-order valence-electron chi connectivity index (χ4n) is 3.60. The van der Waals surface area contributed by atoms with Gasteiger partial charge in [0.2, 0.25) is 0 Å². The summed E-state index contributed by atoms with van der Waals surface area (Å²) in [5, 5.41) is 13.3. The molecule has 0 atom stereocenters. The molecule has 3 aromatic rings. The van der Waals surface area contributed by atoms with Gasteiger partial charge in [-0.15, -0.1) is 12.1 Å². The normalized spacial score (nSPS) is 14.3. The second-order valence-electron chi connectivity index (χ2n) is 7.60. The van der Waals surface area contributed by atoms with Gasteiger partial charge in [0.15, 0.2) is 5.75 Å². The summed E-state index contributed by atoms with van der Waals surface area (Å²) in [5.74, 6) is -5.31. The summed E-state index contributed by atoms with van der Waals surface area (Å²) in [6.45, 7) is -1.74. The molecule has 2 aromatic heterocycles. The van der Waals surface area contributed by atoms with E-state index >= 15 is 0 Å². The Morgan fingerprint density at radius 1 is 1.38 bits per heavy atom. The molecule has 32 heavy (non-hydrogen) atoms. The molecule has 0 saturated heterocycles. The number of nitrogens with one attached hydrogen (secondary N) is 1. The van der Waals surface area contributed by atoms with Crippen LogP contribution in [0.15, 0.2) is 29.2 Å². The average Bonchev–Trinajstić information content (AvgIpc) is 2.85. The Morgan fingerprint density at radius 3 is 2.72 bits per heavy atom. The number of amides is 1. The summed E-state index contributed by atoms with van der Waals surface area (Å²) >= 11 is 0. The predicted molar refractivity (Wildman–Crippen MR) is 107 cm³/mol. The van der Waals surface area contributed by atoms with E-state index in [-0.39, 0.29) is 81.3 Å². The number of anilines is 1. The van der Waals surface area contributed by atoms with E-state index < -0.39 is 47.6 Å². The van der Waals surface area contributed by atoms with E-state index in [9.17, 15) is 27.9 Å². The van der Waals surface area contributed by atoms with E-state index in [0.29, 0.717) is 11.1 Å². The molecule has 4 rings (SSSR count). The first-order valence-electron chi connectivity index (χ1n) is 9.36. The van der Waals surface area contributed by atoms with Crippen molar-refractivity contribution in [2.75, 3.05) is 26.0 Å². The summed E-state index contributed by atoms with van der Waals surface area (Å²) < 4.78 is 42.9. The van der Waals surface area contributed by atoms with Gasteiger partial charge in [0, 0.05) is 26.1 Å². The van der Waals surface area contributed by atoms with Gasteiger partial charge in [-0.2, -0.15) is 17.7 Å². The molecule has 0 bridgehead atoms. The standard InChI is InChI=1S/C21H18F3N4O3.Rb/c1-27(2)19(30)14-18(29)16-17-15(26-9-21(23,24)10-28(17)20(14)31)12(8-25-16)7-11-3-5-13(22)6-4-11;/h3-5,8,26,29H,7,9-10H2,1-2H3;/q-1;+1. The largest absolute Gasteiger partial charge is 1.00 e. The molecule has 7 nitrogen and oxygen atoms in total. The molecule has 0 radical (unpaired) electrons. The maximum absolute atomic E-state index is 14.5. The molecule has 1 aliphatic rings.